The molecule has 0 saturated carbocycles. The maximum absolute atomic E-state index is 14.1. The number of halogens is 2. The van der Waals surface area contributed by atoms with E-state index in [1.165, 1.54) is 31.2 Å². The van der Waals surface area contributed by atoms with Crippen molar-refractivity contribution in [1.29, 1.82) is 0 Å². The Labute approximate surface area is 175 Å². The van der Waals surface area contributed by atoms with Crippen LogP contribution in [0.2, 0.25) is 0 Å². The molecule has 0 radical (unpaired) electrons. The van der Waals surface area contributed by atoms with Crippen molar-refractivity contribution in [3.05, 3.63) is 76.1 Å². The van der Waals surface area contributed by atoms with Crippen LogP contribution in [0.15, 0.2) is 62.6 Å². The second-order valence-corrected chi connectivity index (χ2v) is 8.50. The third-order valence-corrected chi connectivity index (χ3v) is 5.15. The van der Waals surface area contributed by atoms with Gasteiger partial charge in [-0.1, -0.05) is 0 Å². The zero-order valence-electron chi connectivity index (χ0n) is 16.3. The molecule has 162 valence electrons. The molecular weight excluding hydrogens is 434 g/mol. The lowest BCUT2D eigenvalue weighted by Gasteiger charge is -2.12. The first-order valence-corrected chi connectivity index (χ1v) is 10.7. The van der Waals surface area contributed by atoms with Crippen LogP contribution in [-0.4, -0.2) is 20.6 Å². The van der Waals surface area contributed by atoms with Gasteiger partial charge in [0.15, 0.2) is 27.2 Å². The second-order valence-electron chi connectivity index (χ2n) is 6.49. The average molecular weight is 450 g/mol. The van der Waals surface area contributed by atoms with Crippen LogP contribution < -0.4 is 10.2 Å². The predicted octanol–water partition coefficient (Wildman–Crippen LogP) is 3.84. The molecule has 3 aromatic rings. The van der Waals surface area contributed by atoms with Crippen molar-refractivity contribution < 1.29 is 35.9 Å². The van der Waals surface area contributed by atoms with Crippen molar-refractivity contribution >= 4 is 15.8 Å². The number of hydrogen-bond donors (Lipinski definition) is 0. The number of carbonyl (C=O) groups is 1. The quantitative estimate of drug-likeness (QED) is 0.526. The molecule has 0 saturated heterocycles. The third kappa shape index (κ3) is 5.34. The van der Waals surface area contributed by atoms with Gasteiger partial charge in [0.1, 0.15) is 18.2 Å². The Morgan fingerprint density at radius 3 is 2.32 bits per heavy atom. The molecule has 0 unspecified atom stereocenters. The van der Waals surface area contributed by atoms with Gasteiger partial charge < -0.3 is 13.9 Å². The van der Waals surface area contributed by atoms with Crippen molar-refractivity contribution in [1.82, 2.24) is 0 Å². The van der Waals surface area contributed by atoms with E-state index >= 15 is 0 Å². The third-order valence-electron chi connectivity index (χ3n) is 4.02. The second kappa shape index (κ2) is 8.68. The number of esters is 1. The summed E-state index contributed by atoms with van der Waals surface area (Å²) in [4.78, 5) is 23.8. The molecule has 1 aromatic heterocycles. The van der Waals surface area contributed by atoms with Gasteiger partial charge >= 0.3 is 5.97 Å². The van der Waals surface area contributed by atoms with E-state index in [1.54, 1.807) is 0 Å². The number of carbonyl (C=O) groups excluding carboxylic acids is 1. The standard InChI is InChI=1S/C21H16F2O7S/c1-12(24)28-11-15-10-18(25)21(30-19-8-5-14(22)9-17(19)23)20(29-15)13-3-6-16(7-4-13)31(2,26)27/h3-10H,11H2,1-2H3. The Bertz CT molecular complexity index is 1300. The smallest absolute Gasteiger partial charge is 0.303 e. The highest BCUT2D eigenvalue weighted by molar-refractivity contribution is 7.90. The number of benzene rings is 2. The Morgan fingerprint density at radius 2 is 1.74 bits per heavy atom. The summed E-state index contributed by atoms with van der Waals surface area (Å²) in [5.41, 5.74) is -0.481. The van der Waals surface area contributed by atoms with E-state index < -0.39 is 44.4 Å². The van der Waals surface area contributed by atoms with Gasteiger partial charge in [-0.2, -0.15) is 0 Å². The monoisotopic (exact) mass is 450 g/mol. The van der Waals surface area contributed by atoms with Gasteiger partial charge in [-0.15, -0.1) is 0 Å². The van der Waals surface area contributed by atoms with Crippen LogP contribution in [0.25, 0.3) is 11.3 Å². The zero-order valence-corrected chi connectivity index (χ0v) is 17.2. The minimum atomic E-state index is -3.47. The van der Waals surface area contributed by atoms with Crippen LogP contribution in [0, 0.1) is 11.6 Å². The maximum atomic E-state index is 14.1. The topological polar surface area (TPSA) is 99.9 Å². The molecule has 0 atom stereocenters. The normalized spacial score (nSPS) is 11.2. The van der Waals surface area contributed by atoms with Crippen LogP contribution in [0.5, 0.6) is 11.5 Å². The lowest BCUT2D eigenvalue weighted by atomic mass is 10.1. The van der Waals surface area contributed by atoms with Gasteiger partial charge in [0.05, 0.1) is 4.90 Å². The molecule has 7 nitrogen and oxygen atoms in total. The zero-order chi connectivity index (χ0) is 22.8. The lowest BCUT2D eigenvalue weighted by molar-refractivity contribution is -0.142. The summed E-state index contributed by atoms with van der Waals surface area (Å²) in [5.74, 6) is -3.48. The fourth-order valence-electron chi connectivity index (χ4n) is 2.58. The highest BCUT2D eigenvalue weighted by Gasteiger charge is 2.20. The molecule has 0 amide bonds. The molecule has 0 bridgehead atoms. The fourth-order valence-corrected chi connectivity index (χ4v) is 3.21. The van der Waals surface area contributed by atoms with Gasteiger partial charge in [-0.25, -0.2) is 17.2 Å². The molecule has 10 heteroatoms. The summed E-state index contributed by atoms with van der Waals surface area (Å²) in [6.07, 6.45) is 1.04. The van der Waals surface area contributed by atoms with Crippen molar-refractivity contribution in [2.24, 2.45) is 0 Å². The molecule has 0 aliphatic rings. The molecule has 0 aliphatic heterocycles. The van der Waals surface area contributed by atoms with Gasteiger partial charge in [-0.05, 0) is 36.4 Å². The highest BCUT2D eigenvalue weighted by atomic mass is 32.2. The van der Waals surface area contributed by atoms with Crippen LogP contribution in [0.1, 0.15) is 12.7 Å². The van der Waals surface area contributed by atoms with Crippen LogP contribution in [0.4, 0.5) is 8.78 Å². The van der Waals surface area contributed by atoms with Crippen LogP contribution in [-0.2, 0) is 26.0 Å². The predicted molar refractivity (Wildman–Crippen MR) is 105 cm³/mol. The van der Waals surface area contributed by atoms with E-state index in [2.05, 4.69) is 0 Å². The summed E-state index contributed by atoms with van der Waals surface area (Å²) < 4.78 is 66.5. The van der Waals surface area contributed by atoms with Gasteiger partial charge in [-0.3, -0.25) is 9.59 Å². The summed E-state index contributed by atoms with van der Waals surface area (Å²) in [5, 5.41) is 0. The van der Waals surface area contributed by atoms with Gasteiger partial charge in [0.2, 0.25) is 11.2 Å². The van der Waals surface area contributed by atoms with Crippen molar-refractivity contribution in [3.8, 4) is 22.8 Å². The molecule has 31 heavy (non-hydrogen) atoms. The van der Waals surface area contributed by atoms with Crippen LogP contribution >= 0.6 is 0 Å². The first kappa shape index (κ1) is 22.2. The lowest BCUT2D eigenvalue weighted by Crippen LogP contribution is -2.09. The molecule has 0 aliphatic carbocycles. The molecule has 0 fully saturated rings. The van der Waals surface area contributed by atoms with E-state index in [0.29, 0.717) is 6.07 Å². The van der Waals surface area contributed by atoms with Crippen LogP contribution in [0.3, 0.4) is 0 Å². The Hall–Kier alpha value is -3.53. The first-order valence-electron chi connectivity index (χ1n) is 8.78. The van der Waals surface area contributed by atoms with E-state index in [4.69, 9.17) is 13.9 Å². The number of ether oxygens (including phenoxy) is 2. The highest BCUT2D eigenvalue weighted by Crippen LogP contribution is 2.33. The minimum absolute atomic E-state index is 0.0192. The minimum Gasteiger partial charge on any atom is -0.458 e. The van der Waals surface area contributed by atoms with Crippen molar-refractivity contribution in [2.45, 2.75) is 18.4 Å². The summed E-state index contributed by atoms with van der Waals surface area (Å²) >= 11 is 0. The number of rotatable bonds is 6. The SMILES string of the molecule is CC(=O)OCc1cc(=O)c(Oc2ccc(F)cc2F)c(-c2ccc(S(C)(=O)=O)cc2)o1. The van der Waals surface area contributed by atoms with Gasteiger partial charge in [0, 0.05) is 30.9 Å². The molecular formula is C21H16F2O7S. The Kier molecular flexibility index (Phi) is 6.21. The van der Waals surface area contributed by atoms with E-state index in [1.807, 2.05) is 0 Å². The Morgan fingerprint density at radius 1 is 1.06 bits per heavy atom. The van der Waals surface area contributed by atoms with E-state index in [-0.39, 0.29) is 28.6 Å². The molecule has 0 N–H and O–H groups in total. The van der Waals surface area contributed by atoms with E-state index in [9.17, 15) is 26.8 Å². The molecule has 3 rings (SSSR count). The first-order chi connectivity index (χ1) is 14.5. The largest absolute Gasteiger partial charge is 0.458 e. The molecule has 2 aromatic carbocycles. The number of sulfone groups is 1. The summed E-state index contributed by atoms with van der Waals surface area (Å²) in [6, 6.07) is 8.90. The fraction of sp³-hybridized carbons (Fsp3) is 0.143. The number of hydrogen-bond acceptors (Lipinski definition) is 7. The molecule has 0 spiro atoms. The molecule has 1 heterocycles. The van der Waals surface area contributed by atoms with Crippen molar-refractivity contribution in [2.75, 3.05) is 6.26 Å². The van der Waals surface area contributed by atoms with E-state index in [0.717, 1.165) is 24.5 Å². The van der Waals surface area contributed by atoms with Gasteiger partial charge in [0.25, 0.3) is 0 Å². The summed E-state index contributed by atoms with van der Waals surface area (Å²) in [6.45, 7) is 0.835. The summed E-state index contributed by atoms with van der Waals surface area (Å²) in [7, 11) is -3.47. The van der Waals surface area contributed by atoms with Crippen molar-refractivity contribution in [3.63, 3.8) is 0 Å². The Balaban J connectivity index is 2.12. The maximum Gasteiger partial charge on any atom is 0.303 e. The average Bonchev–Trinajstić information content (AvgIpc) is 2.69.